The minimum atomic E-state index is -1.22. The molecule has 1 N–H and O–H groups in total. The first-order valence-electron chi connectivity index (χ1n) is 9.76. The van der Waals surface area contributed by atoms with Gasteiger partial charge in [-0.2, -0.15) is 0 Å². The third-order valence-corrected chi connectivity index (χ3v) is 5.93. The first-order valence-corrected chi connectivity index (χ1v) is 9.76. The molecule has 0 aromatic heterocycles. The summed E-state index contributed by atoms with van der Waals surface area (Å²) in [5, 5.41) is 12.2. The van der Waals surface area contributed by atoms with Crippen LogP contribution in [0.3, 0.4) is 0 Å². The van der Waals surface area contributed by atoms with Gasteiger partial charge in [0, 0.05) is 5.56 Å². The number of phenols is 1. The zero-order valence-electron chi connectivity index (χ0n) is 16.3. The van der Waals surface area contributed by atoms with Crippen LogP contribution in [0.15, 0.2) is 84.9 Å². The minimum absolute atomic E-state index is 0.0484. The van der Waals surface area contributed by atoms with Crippen molar-refractivity contribution >= 4 is 23.2 Å². The van der Waals surface area contributed by atoms with Crippen molar-refractivity contribution in [2.45, 2.75) is 19.1 Å². The van der Waals surface area contributed by atoms with Crippen molar-refractivity contribution < 1.29 is 19.5 Å². The number of para-hydroxylation sites is 3. The molecule has 3 aromatic rings. The van der Waals surface area contributed by atoms with Crippen molar-refractivity contribution in [1.82, 2.24) is 0 Å². The highest BCUT2D eigenvalue weighted by Gasteiger charge is 2.69. The summed E-state index contributed by atoms with van der Waals surface area (Å²) in [7, 11) is 0. The Hall–Kier alpha value is -3.64. The molecule has 3 atom stereocenters. The summed E-state index contributed by atoms with van der Waals surface area (Å²) in [6.45, 7) is 1.74. The number of phenolic OH excluding ortho intramolecular Hbond substituents is 1. The van der Waals surface area contributed by atoms with Crippen LogP contribution in [0.2, 0.25) is 0 Å². The number of carbonyl (C=O) groups is 2. The van der Waals surface area contributed by atoms with Crippen molar-refractivity contribution in [1.29, 1.82) is 0 Å². The number of benzene rings is 3. The zero-order chi connectivity index (χ0) is 20.9. The van der Waals surface area contributed by atoms with E-state index in [2.05, 4.69) is 0 Å². The minimum Gasteiger partial charge on any atom is -0.508 e. The molecule has 30 heavy (non-hydrogen) atoms. The Morgan fingerprint density at radius 3 is 2.03 bits per heavy atom. The van der Waals surface area contributed by atoms with Crippen LogP contribution in [0.25, 0.3) is 0 Å². The van der Waals surface area contributed by atoms with Gasteiger partial charge >= 0.3 is 0 Å². The highest BCUT2D eigenvalue weighted by atomic mass is 16.7. The lowest BCUT2D eigenvalue weighted by Crippen LogP contribution is -2.41. The molecule has 2 fully saturated rings. The summed E-state index contributed by atoms with van der Waals surface area (Å²) in [5.74, 6) is -0.713. The van der Waals surface area contributed by atoms with Crippen LogP contribution in [-0.4, -0.2) is 23.0 Å². The summed E-state index contributed by atoms with van der Waals surface area (Å²) in [6, 6.07) is 24.3. The summed E-state index contributed by atoms with van der Waals surface area (Å²) in [6.07, 6.45) is -1.00. The number of hydrogen-bond acceptors (Lipinski definition) is 5. The molecule has 0 spiro atoms. The van der Waals surface area contributed by atoms with E-state index in [-0.39, 0.29) is 11.7 Å². The number of fused-ring (bicyclic) bond motifs is 1. The van der Waals surface area contributed by atoms with Crippen molar-refractivity contribution in [3.8, 4) is 5.75 Å². The van der Waals surface area contributed by atoms with Crippen LogP contribution >= 0.6 is 0 Å². The van der Waals surface area contributed by atoms with Gasteiger partial charge in [-0.1, -0.05) is 54.6 Å². The molecule has 6 nitrogen and oxygen atoms in total. The summed E-state index contributed by atoms with van der Waals surface area (Å²) < 4.78 is 0. The van der Waals surface area contributed by atoms with Crippen molar-refractivity contribution in [3.05, 3.63) is 90.5 Å². The van der Waals surface area contributed by atoms with E-state index in [1.165, 1.54) is 4.90 Å². The Kier molecular flexibility index (Phi) is 4.11. The van der Waals surface area contributed by atoms with Gasteiger partial charge in [-0.15, -0.1) is 0 Å². The molecule has 3 unspecified atom stereocenters. The second-order valence-corrected chi connectivity index (χ2v) is 7.71. The third-order valence-electron chi connectivity index (χ3n) is 5.93. The van der Waals surface area contributed by atoms with E-state index in [0.717, 1.165) is 0 Å². The van der Waals surface area contributed by atoms with Crippen LogP contribution < -0.4 is 9.96 Å². The fraction of sp³-hybridized carbons (Fsp3) is 0.167. The Bertz CT molecular complexity index is 1120. The second kappa shape index (κ2) is 6.71. The highest BCUT2D eigenvalue weighted by molar-refractivity contribution is 6.25. The number of hydroxylamine groups is 1. The van der Waals surface area contributed by atoms with Crippen molar-refractivity contribution in [2.24, 2.45) is 5.41 Å². The fourth-order valence-electron chi connectivity index (χ4n) is 4.43. The van der Waals surface area contributed by atoms with Gasteiger partial charge in [0.05, 0.1) is 11.4 Å². The van der Waals surface area contributed by atoms with Gasteiger partial charge in [-0.25, -0.2) is 9.96 Å². The maximum absolute atomic E-state index is 13.7. The number of carbonyl (C=O) groups excluding carboxylic acids is 2. The van der Waals surface area contributed by atoms with Gasteiger partial charge in [0.25, 0.3) is 5.91 Å². The van der Waals surface area contributed by atoms with Crippen LogP contribution in [0, 0.1) is 5.41 Å². The lowest BCUT2D eigenvalue weighted by Gasteiger charge is -2.33. The molecule has 0 aliphatic carbocycles. The van der Waals surface area contributed by atoms with E-state index in [0.29, 0.717) is 16.9 Å². The number of anilines is 2. The Morgan fingerprint density at radius 1 is 0.833 bits per heavy atom. The van der Waals surface area contributed by atoms with Gasteiger partial charge < -0.3 is 5.11 Å². The van der Waals surface area contributed by atoms with Gasteiger partial charge in [0.1, 0.15) is 17.2 Å². The van der Waals surface area contributed by atoms with E-state index >= 15 is 0 Å². The second-order valence-electron chi connectivity index (χ2n) is 7.71. The molecule has 3 aromatic carbocycles. The highest BCUT2D eigenvalue weighted by Crippen LogP contribution is 2.56. The molecule has 0 saturated carbocycles. The van der Waals surface area contributed by atoms with E-state index < -0.39 is 23.5 Å². The predicted octanol–water partition coefficient (Wildman–Crippen LogP) is 3.83. The van der Waals surface area contributed by atoms with Gasteiger partial charge in [-0.05, 0) is 37.3 Å². The van der Waals surface area contributed by atoms with Crippen LogP contribution in [0.5, 0.6) is 5.75 Å². The molecule has 2 aliphatic heterocycles. The molecule has 0 bridgehead atoms. The van der Waals surface area contributed by atoms with E-state index in [9.17, 15) is 14.7 Å². The smallest absolute Gasteiger partial charge is 0.266 e. The number of amides is 2. The van der Waals surface area contributed by atoms with Crippen LogP contribution in [0.4, 0.5) is 11.4 Å². The molecular formula is C24H20N2O4. The van der Waals surface area contributed by atoms with E-state index in [1.807, 2.05) is 36.4 Å². The lowest BCUT2D eigenvalue weighted by atomic mass is 9.76. The standard InChI is InChI=1S/C24H20N2O4/c1-24-20(18-14-8-9-15-19(18)27)26(17-12-6-3-7-13-17)30-21(24)22(28)25(23(24)29)16-10-4-2-5-11-16/h2-15,20-21,27H,1H3. The number of aromatic hydroxyl groups is 1. The average Bonchev–Trinajstić information content (AvgIpc) is 3.18. The van der Waals surface area contributed by atoms with Crippen LogP contribution in [0.1, 0.15) is 18.5 Å². The van der Waals surface area contributed by atoms with Crippen molar-refractivity contribution in [3.63, 3.8) is 0 Å². The Balaban J connectivity index is 1.67. The van der Waals surface area contributed by atoms with Gasteiger partial charge in [0.2, 0.25) is 5.91 Å². The summed E-state index contributed by atoms with van der Waals surface area (Å²) in [5.41, 5.74) is 0.520. The number of imide groups is 1. The Morgan fingerprint density at radius 2 is 1.40 bits per heavy atom. The predicted molar refractivity (Wildman–Crippen MR) is 112 cm³/mol. The zero-order valence-corrected chi connectivity index (χ0v) is 16.3. The maximum Gasteiger partial charge on any atom is 0.266 e. The van der Waals surface area contributed by atoms with Gasteiger partial charge in [-0.3, -0.25) is 14.4 Å². The van der Waals surface area contributed by atoms with E-state index in [1.54, 1.807) is 60.5 Å². The fourth-order valence-corrected chi connectivity index (χ4v) is 4.43. The first-order chi connectivity index (χ1) is 14.5. The summed E-state index contributed by atoms with van der Waals surface area (Å²) in [4.78, 5) is 34.4. The molecule has 2 saturated heterocycles. The van der Waals surface area contributed by atoms with Gasteiger partial charge in [0.15, 0.2) is 6.10 Å². The topological polar surface area (TPSA) is 70.1 Å². The number of nitrogens with zero attached hydrogens (tertiary/aromatic N) is 2. The Labute approximate surface area is 173 Å². The average molecular weight is 400 g/mol. The normalized spacial score (nSPS) is 25.6. The molecule has 150 valence electrons. The number of rotatable bonds is 3. The SMILES string of the molecule is CC12C(=O)N(c3ccccc3)C(=O)C1ON(c1ccccc1)C2c1ccccc1O. The van der Waals surface area contributed by atoms with Crippen LogP contribution in [-0.2, 0) is 14.4 Å². The molecule has 5 rings (SSSR count). The van der Waals surface area contributed by atoms with E-state index in [4.69, 9.17) is 4.84 Å². The molecule has 2 aliphatic rings. The molecule has 2 heterocycles. The largest absolute Gasteiger partial charge is 0.508 e. The third kappa shape index (κ3) is 2.47. The number of hydrogen-bond donors (Lipinski definition) is 1. The molecule has 6 heteroatoms. The quantitative estimate of drug-likeness (QED) is 0.677. The monoisotopic (exact) mass is 400 g/mol. The maximum atomic E-state index is 13.7. The first kappa shape index (κ1) is 18.4. The molecule has 0 radical (unpaired) electrons. The summed E-state index contributed by atoms with van der Waals surface area (Å²) >= 11 is 0. The molecular weight excluding hydrogens is 380 g/mol. The van der Waals surface area contributed by atoms with Crippen molar-refractivity contribution in [2.75, 3.05) is 9.96 Å². The molecule has 2 amide bonds. The lowest BCUT2D eigenvalue weighted by molar-refractivity contribution is -0.128.